The molecular weight excluding hydrogens is 257 g/mol. The molecule has 0 spiro atoms. The van der Waals surface area contributed by atoms with Crippen LogP contribution in [0.25, 0.3) is 10.9 Å². The first-order valence-corrected chi connectivity index (χ1v) is 6.46. The zero-order valence-electron chi connectivity index (χ0n) is 11.1. The number of ether oxygens (including phenoxy) is 1. The van der Waals surface area contributed by atoms with E-state index in [0.717, 1.165) is 23.1 Å². The highest BCUT2D eigenvalue weighted by Gasteiger charge is 2.09. The Balaban J connectivity index is 1.85. The first kappa shape index (κ1) is 12.6. The van der Waals surface area contributed by atoms with Gasteiger partial charge in [-0.15, -0.1) is 0 Å². The smallest absolute Gasteiger partial charge is 0.213 e. The lowest BCUT2D eigenvalue weighted by atomic mass is 10.2. The van der Waals surface area contributed by atoms with Gasteiger partial charge >= 0.3 is 0 Å². The molecule has 0 bridgehead atoms. The van der Waals surface area contributed by atoms with Crippen molar-refractivity contribution in [3.63, 3.8) is 0 Å². The summed E-state index contributed by atoms with van der Waals surface area (Å²) in [5, 5.41) is 5.61. The molecule has 2 heterocycles. The summed E-state index contributed by atoms with van der Waals surface area (Å²) >= 11 is 0. The summed E-state index contributed by atoms with van der Waals surface area (Å²) in [4.78, 5) is 3.56. The SMILES string of the molecule is CCn1nc(COc2ccc(F)nc2)c2ccccc21. The Morgan fingerprint density at radius 3 is 2.80 bits per heavy atom. The van der Waals surface area contributed by atoms with Crippen LogP contribution < -0.4 is 4.74 Å². The van der Waals surface area contributed by atoms with Gasteiger partial charge in [-0.3, -0.25) is 4.68 Å². The van der Waals surface area contributed by atoms with E-state index in [9.17, 15) is 4.39 Å². The average Bonchev–Trinajstić information content (AvgIpc) is 2.85. The lowest BCUT2D eigenvalue weighted by Crippen LogP contribution is -2.00. The van der Waals surface area contributed by atoms with Gasteiger partial charge in [0.05, 0.1) is 11.7 Å². The lowest BCUT2D eigenvalue weighted by molar-refractivity contribution is 0.298. The molecule has 0 fully saturated rings. The van der Waals surface area contributed by atoms with Crippen molar-refractivity contribution in [2.45, 2.75) is 20.1 Å². The topological polar surface area (TPSA) is 39.9 Å². The molecule has 3 rings (SSSR count). The normalized spacial score (nSPS) is 10.9. The number of fused-ring (bicyclic) bond motifs is 1. The van der Waals surface area contributed by atoms with Crippen molar-refractivity contribution in [1.82, 2.24) is 14.8 Å². The van der Waals surface area contributed by atoms with Gasteiger partial charge in [0.25, 0.3) is 0 Å². The van der Waals surface area contributed by atoms with Gasteiger partial charge in [0.2, 0.25) is 5.95 Å². The second-order valence-electron chi connectivity index (χ2n) is 4.38. The molecule has 2 aromatic heterocycles. The molecule has 4 nitrogen and oxygen atoms in total. The fourth-order valence-corrected chi connectivity index (χ4v) is 2.14. The van der Waals surface area contributed by atoms with E-state index in [0.29, 0.717) is 12.4 Å². The molecule has 0 aliphatic rings. The number of hydrogen-bond acceptors (Lipinski definition) is 3. The number of rotatable bonds is 4. The van der Waals surface area contributed by atoms with Gasteiger partial charge in [0.1, 0.15) is 18.1 Å². The van der Waals surface area contributed by atoms with Gasteiger partial charge in [-0.05, 0) is 25.1 Å². The van der Waals surface area contributed by atoms with Crippen LogP contribution in [-0.4, -0.2) is 14.8 Å². The highest BCUT2D eigenvalue weighted by molar-refractivity contribution is 5.81. The Kier molecular flexibility index (Phi) is 3.33. The number of benzene rings is 1. The summed E-state index contributed by atoms with van der Waals surface area (Å²) in [5.74, 6) is 0.0135. The van der Waals surface area contributed by atoms with Crippen LogP contribution in [0.1, 0.15) is 12.6 Å². The molecule has 0 aliphatic heterocycles. The fraction of sp³-hybridized carbons (Fsp3) is 0.200. The maximum absolute atomic E-state index is 12.7. The number of nitrogens with zero attached hydrogens (tertiary/aromatic N) is 3. The van der Waals surface area contributed by atoms with Crippen LogP contribution in [0, 0.1) is 5.95 Å². The molecule has 0 saturated heterocycles. The van der Waals surface area contributed by atoms with Crippen molar-refractivity contribution in [3.05, 3.63) is 54.2 Å². The minimum Gasteiger partial charge on any atom is -0.486 e. The quantitative estimate of drug-likeness (QED) is 0.684. The molecule has 1 aromatic carbocycles. The van der Waals surface area contributed by atoms with Crippen LogP contribution in [0.5, 0.6) is 5.75 Å². The van der Waals surface area contributed by atoms with E-state index in [1.54, 1.807) is 6.07 Å². The van der Waals surface area contributed by atoms with Crippen LogP contribution in [0.15, 0.2) is 42.6 Å². The Labute approximate surface area is 115 Å². The largest absolute Gasteiger partial charge is 0.486 e. The molecule has 5 heteroatoms. The Hall–Kier alpha value is -2.43. The third kappa shape index (κ3) is 2.34. The highest BCUT2D eigenvalue weighted by atomic mass is 19.1. The number of hydrogen-bond donors (Lipinski definition) is 0. The summed E-state index contributed by atoms with van der Waals surface area (Å²) in [6, 6.07) is 10.9. The minimum absolute atomic E-state index is 0.334. The first-order chi connectivity index (χ1) is 9.78. The Morgan fingerprint density at radius 1 is 1.20 bits per heavy atom. The summed E-state index contributed by atoms with van der Waals surface area (Å²) in [5.41, 5.74) is 1.96. The van der Waals surface area contributed by atoms with E-state index in [1.807, 2.05) is 35.9 Å². The number of aromatic nitrogens is 3. The summed E-state index contributed by atoms with van der Waals surface area (Å²) < 4.78 is 20.3. The van der Waals surface area contributed by atoms with E-state index in [-0.39, 0.29) is 0 Å². The zero-order valence-corrected chi connectivity index (χ0v) is 11.1. The maximum Gasteiger partial charge on any atom is 0.213 e. The van der Waals surface area contributed by atoms with Crippen molar-refractivity contribution in [1.29, 1.82) is 0 Å². The maximum atomic E-state index is 12.7. The zero-order chi connectivity index (χ0) is 13.9. The average molecular weight is 271 g/mol. The molecule has 0 radical (unpaired) electrons. The summed E-state index contributed by atoms with van der Waals surface area (Å²) in [6.07, 6.45) is 1.37. The van der Waals surface area contributed by atoms with Gasteiger partial charge in [-0.1, -0.05) is 18.2 Å². The second kappa shape index (κ2) is 5.28. The number of halogens is 1. The van der Waals surface area contributed by atoms with Gasteiger partial charge in [0.15, 0.2) is 0 Å². The van der Waals surface area contributed by atoms with Crippen LogP contribution >= 0.6 is 0 Å². The predicted molar refractivity (Wildman–Crippen MR) is 73.9 cm³/mol. The van der Waals surface area contributed by atoms with E-state index < -0.39 is 5.95 Å². The molecular formula is C15H14FN3O. The van der Waals surface area contributed by atoms with Gasteiger partial charge < -0.3 is 4.74 Å². The van der Waals surface area contributed by atoms with Crippen molar-refractivity contribution >= 4 is 10.9 Å². The minimum atomic E-state index is -0.516. The number of para-hydroxylation sites is 1. The summed E-state index contributed by atoms with van der Waals surface area (Å²) in [7, 11) is 0. The van der Waals surface area contributed by atoms with E-state index in [1.165, 1.54) is 12.3 Å². The number of pyridine rings is 1. The molecule has 0 atom stereocenters. The standard InChI is InChI=1S/C15H14FN3O/c1-2-19-14-6-4-3-5-12(14)13(18-19)10-20-11-7-8-15(16)17-9-11/h3-9H,2,10H2,1H3. The molecule has 3 aromatic rings. The predicted octanol–water partition coefficient (Wildman–Crippen LogP) is 3.17. The molecule has 20 heavy (non-hydrogen) atoms. The van der Waals surface area contributed by atoms with Crippen LogP contribution in [0.2, 0.25) is 0 Å². The molecule has 0 unspecified atom stereocenters. The van der Waals surface area contributed by atoms with Crippen molar-refractivity contribution in [3.8, 4) is 5.75 Å². The molecule has 0 N–H and O–H groups in total. The van der Waals surface area contributed by atoms with E-state index in [4.69, 9.17) is 4.74 Å². The number of aryl methyl sites for hydroxylation is 1. The van der Waals surface area contributed by atoms with Crippen LogP contribution in [0.4, 0.5) is 4.39 Å². The van der Waals surface area contributed by atoms with Gasteiger partial charge in [-0.2, -0.15) is 9.49 Å². The summed E-state index contributed by atoms with van der Waals surface area (Å²) in [6.45, 7) is 3.19. The fourth-order valence-electron chi connectivity index (χ4n) is 2.14. The molecule has 102 valence electrons. The Bertz CT molecular complexity index is 722. The van der Waals surface area contributed by atoms with Gasteiger partial charge in [0, 0.05) is 11.9 Å². The van der Waals surface area contributed by atoms with Crippen molar-refractivity contribution in [2.75, 3.05) is 0 Å². The third-order valence-electron chi connectivity index (χ3n) is 3.11. The first-order valence-electron chi connectivity index (χ1n) is 6.46. The van der Waals surface area contributed by atoms with E-state index >= 15 is 0 Å². The molecule has 0 amide bonds. The Morgan fingerprint density at radius 2 is 2.05 bits per heavy atom. The van der Waals surface area contributed by atoms with E-state index in [2.05, 4.69) is 10.1 Å². The van der Waals surface area contributed by atoms with Crippen molar-refractivity contribution in [2.24, 2.45) is 0 Å². The van der Waals surface area contributed by atoms with Crippen LogP contribution in [0.3, 0.4) is 0 Å². The lowest BCUT2D eigenvalue weighted by Gasteiger charge is -2.03. The highest BCUT2D eigenvalue weighted by Crippen LogP contribution is 2.20. The van der Waals surface area contributed by atoms with Gasteiger partial charge in [-0.25, -0.2) is 4.98 Å². The molecule has 0 aliphatic carbocycles. The van der Waals surface area contributed by atoms with Crippen molar-refractivity contribution < 1.29 is 9.13 Å². The third-order valence-corrected chi connectivity index (χ3v) is 3.11. The second-order valence-corrected chi connectivity index (χ2v) is 4.38. The molecule has 0 saturated carbocycles. The van der Waals surface area contributed by atoms with Crippen LogP contribution in [-0.2, 0) is 13.2 Å². The monoisotopic (exact) mass is 271 g/mol.